The summed E-state index contributed by atoms with van der Waals surface area (Å²) >= 11 is 1.80. The van der Waals surface area contributed by atoms with Gasteiger partial charge in [0, 0.05) is 47.6 Å². The molecule has 5 heteroatoms. The fourth-order valence-electron chi connectivity index (χ4n) is 7.87. The Balaban J connectivity index is 1.07. The van der Waals surface area contributed by atoms with Crippen molar-refractivity contribution in [3.05, 3.63) is 188 Å². The van der Waals surface area contributed by atoms with Crippen molar-refractivity contribution in [1.82, 2.24) is 15.0 Å². The van der Waals surface area contributed by atoms with Crippen LogP contribution in [0.1, 0.15) is 0 Å². The summed E-state index contributed by atoms with van der Waals surface area (Å²) in [7, 11) is 0. The van der Waals surface area contributed by atoms with Crippen molar-refractivity contribution in [2.24, 2.45) is 0 Å². The molecule has 0 saturated heterocycles. The fourth-order valence-corrected chi connectivity index (χ4v) is 8.98. The van der Waals surface area contributed by atoms with E-state index < -0.39 is 0 Å². The second-order valence-corrected chi connectivity index (χ2v) is 15.0. The number of hydrogen-bond acceptors (Lipinski definition) is 5. The lowest BCUT2D eigenvalue weighted by Crippen LogP contribution is -2.00. The van der Waals surface area contributed by atoms with Gasteiger partial charge < -0.3 is 4.42 Å². The number of furan rings is 1. The third kappa shape index (κ3) is 5.56. The van der Waals surface area contributed by atoms with E-state index in [0.29, 0.717) is 17.5 Å². The van der Waals surface area contributed by atoms with Gasteiger partial charge in [0.2, 0.25) is 0 Å². The molecule has 0 amide bonds. The van der Waals surface area contributed by atoms with Crippen molar-refractivity contribution >= 4 is 53.4 Å². The largest absolute Gasteiger partial charge is 0.456 e. The van der Waals surface area contributed by atoms with E-state index in [1.807, 2.05) is 48.5 Å². The van der Waals surface area contributed by atoms with Crippen LogP contribution in [0.5, 0.6) is 0 Å². The van der Waals surface area contributed by atoms with Gasteiger partial charge in [0.05, 0.1) is 0 Å². The van der Waals surface area contributed by atoms with E-state index in [0.717, 1.165) is 49.6 Å². The van der Waals surface area contributed by atoms with E-state index in [2.05, 4.69) is 140 Å². The summed E-state index contributed by atoms with van der Waals surface area (Å²) in [5.74, 6) is 1.89. The third-order valence-electron chi connectivity index (χ3n) is 10.6. The van der Waals surface area contributed by atoms with E-state index in [1.165, 1.54) is 42.6 Å². The quantitative estimate of drug-likeness (QED) is 0.171. The first kappa shape index (κ1) is 32.2. The van der Waals surface area contributed by atoms with Crippen LogP contribution in [0.2, 0.25) is 0 Å². The first-order valence-corrected chi connectivity index (χ1v) is 19.5. The lowest BCUT2D eigenvalue weighted by Gasteiger charge is -2.12. The van der Waals surface area contributed by atoms with Crippen LogP contribution >= 0.6 is 11.3 Å². The zero-order valence-corrected chi connectivity index (χ0v) is 30.9. The van der Waals surface area contributed by atoms with Gasteiger partial charge in [-0.1, -0.05) is 140 Å². The van der Waals surface area contributed by atoms with Crippen molar-refractivity contribution in [2.45, 2.75) is 0 Å². The Bertz CT molecular complexity index is 3260. The van der Waals surface area contributed by atoms with Gasteiger partial charge >= 0.3 is 0 Å². The maximum atomic E-state index is 6.15. The summed E-state index contributed by atoms with van der Waals surface area (Å²) in [5.41, 5.74) is 11.7. The topological polar surface area (TPSA) is 51.8 Å². The number of benzene rings is 8. The molecular weight excluding hydrogens is 703 g/mol. The van der Waals surface area contributed by atoms with Crippen LogP contribution < -0.4 is 0 Å². The van der Waals surface area contributed by atoms with Gasteiger partial charge in [0.1, 0.15) is 11.2 Å². The first-order valence-electron chi connectivity index (χ1n) is 18.7. The summed E-state index contributed by atoms with van der Waals surface area (Å²) < 4.78 is 8.56. The highest BCUT2D eigenvalue weighted by Crippen LogP contribution is 2.42. The van der Waals surface area contributed by atoms with Crippen molar-refractivity contribution in [3.8, 4) is 67.5 Å². The Kier molecular flexibility index (Phi) is 7.64. The maximum absolute atomic E-state index is 6.15. The summed E-state index contributed by atoms with van der Waals surface area (Å²) in [6.07, 6.45) is 0. The lowest BCUT2D eigenvalue weighted by molar-refractivity contribution is 0.669. The average Bonchev–Trinajstić information content (AvgIpc) is 3.85. The fraction of sp³-hybridized carbons (Fsp3) is 0. The van der Waals surface area contributed by atoms with Crippen molar-refractivity contribution in [2.75, 3.05) is 0 Å². The number of para-hydroxylation sites is 1. The van der Waals surface area contributed by atoms with E-state index >= 15 is 0 Å². The highest BCUT2D eigenvalue weighted by Gasteiger charge is 2.19. The maximum Gasteiger partial charge on any atom is 0.164 e. The van der Waals surface area contributed by atoms with Crippen LogP contribution in [0.15, 0.2) is 192 Å². The van der Waals surface area contributed by atoms with Crippen molar-refractivity contribution < 1.29 is 4.42 Å². The van der Waals surface area contributed by atoms with Gasteiger partial charge in [0.25, 0.3) is 0 Å². The van der Waals surface area contributed by atoms with Crippen LogP contribution in [-0.4, -0.2) is 15.0 Å². The number of aromatic nitrogens is 3. The highest BCUT2D eigenvalue weighted by atomic mass is 32.1. The summed E-state index contributed by atoms with van der Waals surface area (Å²) in [5, 5.41) is 4.43. The van der Waals surface area contributed by atoms with Crippen LogP contribution in [0.3, 0.4) is 0 Å². The molecule has 0 atom stereocenters. The molecule has 0 aliphatic heterocycles. The molecule has 11 aromatic rings. The van der Waals surface area contributed by atoms with Gasteiger partial charge in [-0.05, 0) is 81.9 Å². The SMILES string of the molecule is c1ccc(-c2nc(-c3ccc4oc5ccccc5c4c3)nc(-c3cccc4sc5ccc(-c6cccc(-c7ccccc7-c7ccccc7)c6)cc5c34)n2)cc1. The molecule has 8 aromatic carbocycles. The van der Waals surface area contributed by atoms with Gasteiger partial charge in [0.15, 0.2) is 17.5 Å². The Morgan fingerprint density at radius 3 is 1.73 bits per heavy atom. The van der Waals surface area contributed by atoms with Gasteiger partial charge in [-0.2, -0.15) is 0 Å². The van der Waals surface area contributed by atoms with Crippen LogP contribution in [0.25, 0.3) is 110 Å². The molecular formula is C51H31N3OS. The summed E-state index contributed by atoms with van der Waals surface area (Å²) in [4.78, 5) is 15.4. The van der Waals surface area contributed by atoms with Crippen molar-refractivity contribution in [1.29, 1.82) is 0 Å². The van der Waals surface area contributed by atoms with Gasteiger partial charge in [-0.3, -0.25) is 0 Å². The molecule has 11 rings (SSSR count). The van der Waals surface area contributed by atoms with E-state index in [1.54, 1.807) is 11.3 Å². The van der Waals surface area contributed by atoms with E-state index in [-0.39, 0.29) is 0 Å². The lowest BCUT2D eigenvalue weighted by atomic mass is 9.92. The van der Waals surface area contributed by atoms with Crippen LogP contribution in [0, 0.1) is 0 Å². The molecule has 0 aliphatic carbocycles. The minimum Gasteiger partial charge on any atom is -0.456 e. The highest BCUT2D eigenvalue weighted by molar-refractivity contribution is 7.26. The minimum atomic E-state index is 0.617. The molecule has 0 N–H and O–H groups in total. The van der Waals surface area contributed by atoms with Gasteiger partial charge in [-0.15, -0.1) is 11.3 Å². The standard InChI is InChI=1S/C51H31N3OS/c1-3-13-32(14-4-1)38-19-7-8-20-39(38)36-18-11-17-34(29-36)35-26-28-46-43(30-35)48-41(22-12-24-47(48)56-46)51-53-49(33-15-5-2-6-16-33)52-50(54-51)37-25-27-45-42(31-37)40-21-9-10-23-44(40)55-45/h1-31H. The second-order valence-electron chi connectivity index (χ2n) is 14.0. The average molecular weight is 734 g/mol. The Morgan fingerprint density at radius 1 is 0.321 bits per heavy atom. The normalized spacial score (nSPS) is 11.6. The Labute approximate surface area is 327 Å². The second kappa shape index (κ2) is 13.3. The monoisotopic (exact) mass is 733 g/mol. The molecule has 4 nitrogen and oxygen atoms in total. The molecule has 3 aromatic heterocycles. The molecule has 56 heavy (non-hydrogen) atoms. The summed E-state index contributed by atoms with van der Waals surface area (Å²) in [6, 6.07) is 65.9. The van der Waals surface area contributed by atoms with Gasteiger partial charge in [-0.25, -0.2) is 15.0 Å². The number of hydrogen-bond donors (Lipinski definition) is 0. The smallest absolute Gasteiger partial charge is 0.164 e. The molecule has 0 bridgehead atoms. The minimum absolute atomic E-state index is 0.617. The molecule has 0 radical (unpaired) electrons. The van der Waals surface area contributed by atoms with Crippen LogP contribution in [-0.2, 0) is 0 Å². The molecule has 262 valence electrons. The Hall–Kier alpha value is -7.21. The molecule has 0 aliphatic rings. The predicted octanol–water partition coefficient (Wildman–Crippen LogP) is 14.1. The molecule has 0 spiro atoms. The molecule has 3 heterocycles. The van der Waals surface area contributed by atoms with E-state index in [4.69, 9.17) is 19.4 Å². The number of rotatable bonds is 6. The van der Waals surface area contributed by atoms with Crippen LogP contribution in [0.4, 0.5) is 0 Å². The molecule has 0 saturated carbocycles. The Morgan fingerprint density at radius 2 is 0.893 bits per heavy atom. The zero-order chi connectivity index (χ0) is 37.0. The predicted molar refractivity (Wildman–Crippen MR) is 233 cm³/mol. The summed E-state index contributed by atoms with van der Waals surface area (Å²) in [6.45, 7) is 0. The number of fused-ring (bicyclic) bond motifs is 6. The van der Waals surface area contributed by atoms with Crippen molar-refractivity contribution in [3.63, 3.8) is 0 Å². The van der Waals surface area contributed by atoms with E-state index in [9.17, 15) is 0 Å². The molecule has 0 unspecified atom stereocenters. The number of nitrogens with zero attached hydrogens (tertiary/aromatic N) is 3. The zero-order valence-electron chi connectivity index (χ0n) is 30.1. The number of thiophene rings is 1. The first-order chi connectivity index (χ1) is 27.7. The molecule has 0 fully saturated rings. The third-order valence-corrected chi connectivity index (χ3v) is 11.7.